The van der Waals surface area contributed by atoms with Gasteiger partial charge in [-0.2, -0.15) is 0 Å². The van der Waals surface area contributed by atoms with Crippen molar-refractivity contribution < 1.29 is 0 Å². The fraction of sp³-hybridized carbons (Fsp3) is 0.562. The van der Waals surface area contributed by atoms with Crippen molar-refractivity contribution in [2.24, 2.45) is 16.6 Å². The number of aliphatic imine (C=N–C) groups is 1. The minimum absolute atomic E-state index is 0.787. The summed E-state index contributed by atoms with van der Waals surface area (Å²) in [6.07, 6.45) is 2.44. The topological polar surface area (TPSA) is 65.7 Å². The van der Waals surface area contributed by atoms with Crippen molar-refractivity contribution in [3.63, 3.8) is 0 Å². The SMILES string of the molecule is C=Nc1cc(NC)ccc1NCCN1CCC(CCN)C1. The molecule has 1 aromatic carbocycles. The van der Waals surface area contributed by atoms with Crippen LogP contribution in [0, 0.1) is 5.92 Å². The van der Waals surface area contributed by atoms with Crippen molar-refractivity contribution in [2.45, 2.75) is 12.8 Å². The van der Waals surface area contributed by atoms with E-state index in [1.165, 1.54) is 19.5 Å². The number of rotatable bonds is 8. The van der Waals surface area contributed by atoms with E-state index in [1.807, 2.05) is 19.2 Å². The van der Waals surface area contributed by atoms with Gasteiger partial charge in [0.1, 0.15) is 0 Å². The van der Waals surface area contributed by atoms with Gasteiger partial charge in [-0.15, -0.1) is 0 Å². The molecule has 0 aliphatic carbocycles. The lowest BCUT2D eigenvalue weighted by Gasteiger charge is -2.17. The average Bonchev–Trinajstić information content (AvgIpc) is 2.95. The molecule has 0 saturated carbocycles. The van der Waals surface area contributed by atoms with Crippen molar-refractivity contribution in [3.8, 4) is 0 Å². The molecule has 21 heavy (non-hydrogen) atoms. The molecule has 1 aliphatic heterocycles. The molecule has 0 aromatic heterocycles. The second-order valence-corrected chi connectivity index (χ2v) is 5.60. The highest BCUT2D eigenvalue weighted by Gasteiger charge is 2.20. The smallest absolute Gasteiger partial charge is 0.0874 e. The lowest BCUT2D eigenvalue weighted by atomic mass is 10.1. The third-order valence-corrected chi connectivity index (χ3v) is 4.15. The molecular weight excluding hydrogens is 262 g/mol. The van der Waals surface area contributed by atoms with Crippen LogP contribution in [-0.4, -0.2) is 51.4 Å². The number of nitrogens with zero attached hydrogens (tertiary/aromatic N) is 2. The first-order valence-electron chi connectivity index (χ1n) is 7.71. The standard InChI is InChI=1S/C16H27N5/c1-18-14-3-4-15(16(11-14)19-2)20-8-10-21-9-6-13(12-21)5-7-17/h3-4,11,13,18,20H,2,5-10,12,17H2,1H3. The molecule has 4 N–H and O–H groups in total. The Morgan fingerprint density at radius 2 is 2.33 bits per heavy atom. The van der Waals surface area contributed by atoms with Crippen molar-refractivity contribution >= 4 is 23.8 Å². The number of hydrogen-bond acceptors (Lipinski definition) is 5. The van der Waals surface area contributed by atoms with Crippen LogP contribution in [0.5, 0.6) is 0 Å². The molecule has 0 bridgehead atoms. The maximum absolute atomic E-state index is 5.63. The summed E-state index contributed by atoms with van der Waals surface area (Å²) >= 11 is 0. The van der Waals surface area contributed by atoms with E-state index < -0.39 is 0 Å². The Labute approximate surface area is 127 Å². The van der Waals surface area contributed by atoms with Crippen LogP contribution in [0.4, 0.5) is 17.1 Å². The quantitative estimate of drug-likeness (QED) is 0.642. The van der Waals surface area contributed by atoms with Crippen LogP contribution < -0.4 is 16.4 Å². The number of likely N-dealkylation sites (tertiary alicyclic amines) is 1. The summed E-state index contributed by atoms with van der Waals surface area (Å²) in [5.74, 6) is 0.787. The molecule has 116 valence electrons. The Kier molecular flexibility index (Phi) is 6.02. The van der Waals surface area contributed by atoms with Crippen LogP contribution >= 0.6 is 0 Å². The van der Waals surface area contributed by atoms with E-state index in [2.05, 4.69) is 33.3 Å². The number of nitrogens with two attached hydrogens (primary N) is 1. The predicted octanol–water partition coefficient (Wildman–Crippen LogP) is 2.14. The first-order chi connectivity index (χ1) is 10.3. The molecule has 2 rings (SSSR count). The summed E-state index contributed by atoms with van der Waals surface area (Å²) in [5.41, 5.74) is 8.62. The van der Waals surface area contributed by atoms with Gasteiger partial charge in [0.25, 0.3) is 0 Å². The molecule has 0 radical (unpaired) electrons. The fourth-order valence-corrected chi connectivity index (χ4v) is 2.90. The predicted molar refractivity (Wildman–Crippen MR) is 91.9 cm³/mol. The van der Waals surface area contributed by atoms with E-state index in [4.69, 9.17) is 5.73 Å². The van der Waals surface area contributed by atoms with E-state index in [0.717, 1.165) is 49.0 Å². The second kappa shape index (κ2) is 8.00. The molecule has 5 heteroatoms. The van der Waals surface area contributed by atoms with Gasteiger partial charge >= 0.3 is 0 Å². The van der Waals surface area contributed by atoms with Crippen LogP contribution in [-0.2, 0) is 0 Å². The maximum Gasteiger partial charge on any atom is 0.0874 e. The van der Waals surface area contributed by atoms with Gasteiger partial charge in [0, 0.05) is 32.4 Å². The molecule has 1 saturated heterocycles. The monoisotopic (exact) mass is 289 g/mol. The van der Waals surface area contributed by atoms with E-state index in [9.17, 15) is 0 Å². The normalized spacial score (nSPS) is 18.7. The minimum Gasteiger partial charge on any atom is -0.388 e. The van der Waals surface area contributed by atoms with E-state index >= 15 is 0 Å². The third kappa shape index (κ3) is 4.44. The van der Waals surface area contributed by atoms with Gasteiger partial charge in [-0.25, -0.2) is 0 Å². The van der Waals surface area contributed by atoms with Crippen LogP contribution in [0.2, 0.25) is 0 Å². The molecule has 1 heterocycles. The van der Waals surface area contributed by atoms with Crippen LogP contribution in [0.25, 0.3) is 0 Å². The minimum atomic E-state index is 0.787. The Bertz CT molecular complexity index is 460. The summed E-state index contributed by atoms with van der Waals surface area (Å²) in [6.45, 7) is 8.82. The highest BCUT2D eigenvalue weighted by molar-refractivity contribution is 5.72. The first kappa shape index (κ1) is 15.8. The largest absolute Gasteiger partial charge is 0.388 e. The zero-order valence-electron chi connectivity index (χ0n) is 12.9. The van der Waals surface area contributed by atoms with Crippen LogP contribution in [0.15, 0.2) is 23.2 Å². The number of hydrogen-bond donors (Lipinski definition) is 3. The first-order valence-corrected chi connectivity index (χ1v) is 7.71. The summed E-state index contributed by atoms with van der Waals surface area (Å²) in [6, 6.07) is 6.10. The van der Waals surface area contributed by atoms with Crippen LogP contribution in [0.1, 0.15) is 12.8 Å². The number of nitrogens with one attached hydrogen (secondary N) is 2. The molecule has 1 aliphatic rings. The van der Waals surface area contributed by atoms with E-state index in [-0.39, 0.29) is 0 Å². The molecule has 0 amide bonds. The zero-order valence-corrected chi connectivity index (χ0v) is 12.9. The van der Waals surface area contributed by atoms with E-state index in [1.54, 1.807) is 0 Å². The molecule has 0 spiro atoms. The highest BCUT2D eigenvalue weighted by atomic mass is 15.2. The molecule has 1 fully saturated rings. The molecular formula is C16H27N5. The van der Waals surface area contributed by atoms with Gasteiger partial charge in [-0.3, -0.25) is 4.99 Å². The highest BCUT2D eigenvalue weighted by Crippen LogP contribution is 2.28. The third-order valence-electron chi connectivity index (χ3n) is 4.15. The lowest BCUT2D eigenvalue weighted by molar-refractivity contribution is 0.333. The van der Waals surface area contributed by atoms with Crippen LogP contribution in [0.3, 0.4) is 0 Å². The number of anilines is 2. The fourth-order valence-electron chi connectivity index (χ4n) is 2.90. The van der Waals surface area contributed by atoms with Crippen molar-refractivity contribution in [2.75, 3.05) is 50.4 Å². The summed E-state index contributed by atoms with van der Waals surface area (Å²) in [4.78, 5) is 6.60. The summed E-state index contributed by atoms with van der Waals surface area (Å²) in [5, 5.41) is 6.57. The van der Waals surface area contributed by atoms with Crippen molar-refractivity contribution in [3.05, 3.63) is 18.2 Å². The average molecular weight is 289 g/mol. The van der Waals surface area contributed by atoms with Gasteiger partial charge in [0.05, 0.1) is 11.4 Å². The van der Waals surface area contributed by atoms with Crippen molar-refractivity contribution in [1.29, 1.82) is 0 Å². The molecule has 1 unspecified atom stereocenters. The van der Waals surface area contributed by atoms with Gasteiger partial charge in [-0.05, 0) is 56.8 Å². The summed E-state index contributed by atoms with van der Waals surface area (Å²) < 4.78 is 0. The molecule has 1 aromatic rings. The van der Waals surface area contributed by atoms with Gasteiger partial charge < -0.3 is 21.3 Å². The summed E-state index contributed by atoms with van der Waals surface area (Å²) in [7, 11) is 1.90. The van der Waals surface area contributed by atoms with Gasteiger partial charge in [0.2, 0.25) is 0 Å². The molecule has 1 atom stereocenters. The van der Waals surface area contributed by atoms with Crippen molar-refractivity contribution in [1.82, 2.24) is 4.90 Å². The number of benzene rings is 1. The van der Waals surface area contributed by atoms with Gasteiger partial charge in [0.15, 0.2) is 0 Å². The maximum atomic E-state index is 5.63. The second-order valence-electron chi connectivity index (χ2n) is 5.60. The Morgan fingerprint density at radius 3 is 3.05 bits per heavy atom. The lowest BCUT2D eigenvalue weighted by Crippen LogP contribution is -2.27. The molecule has 5 nitrogen and oxygen atoms in total. The Morgan fingerprint density at radius 1 is 1.48 bits per heavy atom. The zero-order chi connectivity index (χ0) is 15.1. The van der Waals surface area contributed by atoms with E-state index in [0.29, 0.717) is 0 Å². The Hall–Kier alpha value is -1.59. The Balaban J connectivity index is 1.80. The van der Waals surface area contributed by atoms with Gasteiger partial charge in [-0.1, -0.05) is 0 Å².